The van der Waals surface area contributed by atoms with Gasteiger partial charge in [-0.15, -0.1) is 0 Å². The molecule has 1 aliphatic rings. The molecule has 8 heteroatoms. The Hall–Kier alpha value is -2.96. The predicted octanol–water partition coefficient (Wildman–Crippen LogP) is 5.62. The van der Waals surface area contributed by atoms with Gasteiger partial charge in [-0.25, -0.2) is 9.97 Å². The summed E-state index contributed by atoms with van der Waals surface area (Å²) in [5.74, 6) is 0.337. The largest absolute Gasteiger partial charge is 0.343 e. The summed E-state index contributed by atoms with van der Waals surface area (Å²) in [4.78, 5) is 26.0. The second-order valence-electron chi connectivity index (χ2n) is 9.09. The third-order valence-electron chi connectivity index (χ3n) is 6.00. The number of azide groups is 1. The number of carbonyl (C=O) groups is 1. The average Bonchev–Trinajstić information content (AvgIpc) is 3.17. The van der Waals surface area contributed by atoms with E-state index in [0.717, 1.165) is 40.9 Å². The number of benzene rings is 1. The normalized spacial score (nSPS) is 16.9. The van der Waals surface area contributed by atoms with Crippen molar-refractivity contribution in [1.82, 2.24) is 15.3 Å². The first-order valence-electron chi connectivity index (χ1n) is 10.5. The molecule has 0 fully saturated rings. The number of thiazole rings is 1. The summed E-state index contributed by atoms with van der Waals surface area (Å²) in [5.41, 5.74) is 13.0. The summed E-state index contributed by atoms with van der Waals surface area (Å²) in [6.07, 6.45) is 3.11. The lowest BCUT2D eigenvalue weighted by atomic mass is 9.71. The highest BCUT2D eigenvalue weighted by Gasteiger charge is 2.30. The second-order valence-corrected chi connectivity index (χ2v) is 10.1. The van der Waals surface area contributed by atoms with Crippen molar-refractivity contribution in [3.63, 3.8) is 0 Å². The molecule has 2 heterocycles. The number of carbonyl (C=O) groups excluding carboxylic acids is 1. The number of amides is 1. The number of pyridine rings is 1. The number of hydrogen-bond donors (Lipinski definition) is 1. The molecule has 0 bridgehead atoms. The van der Waals surface area contributed by atoms with Gasteiger partial charge in [0.25, 0.3) is 5.91 Å². The monoisotopic (exact) mass is 434 g/mol. The first-order valence-corrected chi connectivity index (χ1v) is 11.3. The lowest BCUT2D eigenvalue weighted by Crippen LogP contribution is -2.30. The van der Waals surface area contributed by atoms with Crippen molar-refractivity contribution >= 4 is 27.6 Å². The van der Waals surface area contributed by atoms with Crippen molar-refractivity contribution in [2.45, 2.75) is 46.1 Å². The summed E-state index contributed by atoms with van der Waals surface area (Å²) < 4.78 is 0. The van der Waals surface area contributed by atoms with Crippen LogP contribution >= 0.6 is 11.3 Å². The van der Waals surface area contributed by atoms with Gasteiger partial charge >= 0.3 is 0 Å². The highest BCUT2D eigenvalue weighted by molar-refractivity contribution is 7.19. The van der Waals surface area contributed by atoms with Crippen molar-refractivity contribution in [3.05, 3.63) is 68.7 Å². The van der Waals surface area contributed by atoms with E-state index in [9.17, 15) is 4.79 Å². The summed E-state index contributed by atoms with van der Waals surface area (Å²) in [6, 6.07) is 11.2. The molecule has 0 spiro atoms. The van der Waals surface area contributed by atoms with Crippen LogP contribution in [0.1, 0.15) is 59.9 Å². The topological polar surface area (TPSA) is 104 Å². The van der Waals surface area contributed by atoms with E-state index < -0.39 is 6.04 Å². The predicted molar refractivity (Wildman–Crippen MR) is 123 cm³/mol. The maximum absolute atomic E-state index is 12.9. The third-order valence-corrected chi connectivity index (χ3v) is 6.97. The molecular weight excluding hydrogens is 408 g/mol. The van der Waals surface area contributed by atoms with Crippen molar-refractivity contribution in [1.29, 1.82) is 0 Å². The van der Waals surface area contributed by atoms with Crippen LogP contribution in [0.2, 0.25) is 0 Å². The number of nitrogens with one attached hydrogen (secondary N) is 1. The lowest BCUT2D eigenvalue weighted by Gasteiger charge is -2.34. The van der Waals surface area contributed by atoms with Crippen LogP contribution in [0.3, 0.4) is 0 Å². The van der Waals surface area contributed by atoms with Crippen LogP contribution in [0.15, 0.2) is 41.5 Å². The molecule has 3 aromatic rings. The number of fused-ring (bicyclic) bond motifs is 2. The quantitative estimate of drug-likeness (QED) is 0.320. The van der Waals surface area contributed by atoms with Crippen molar-refractivity contribution in [3.8, 4) is 0 Å². The number of aryl methyl sites for hydroxylation is 1. The maximum Gasteiger partial charge on any atom is 0.280 e. The van der Waals surface area contributed by atoms with Crippen molar-refractivity contribution < 1.29 is 4.79 Å². The third kappa shape index (κ3) is 4.70. The zero-order valence-corrected chi connectivity index (χ0v) is 18.8. The van der Waals surface area contributed by atoms with Crippen LogP contribution in [0.5, 0.6) is 0 Å². The fourth-order valence-corrected chi connectivity index (χ4v) is 4.95. The van der Waals surface area contributed by atoms with Crippen molar-refractivity contribution in [2.75, 3.05) is 6.54 Å². The van der Waals surface area contributed by atoms with E-state index in [2.05, 4.69) is 47.2 Å². The minimum atomic E-state index is -0.412. The van der Waals surface area contributed by atoms with E-state index in [1.165, 1.54) is 16.9 Å². The van der Waals surface area contributed by atoms with Gasteiger partial charge in [0, 0.05) is 10.6 Å². The Morgan fingerprint density at radius 2 is 2.10 bits per heavy atom. The molecule has 0 saturated heterocycles. The van der Waals surface area contributed by atoms with Crippen molar-refractivity contribution in [2.24, 2.45) is 16.4 Å². The highest BCUT2D eigenvalue weighted by atomic mass is 32.1. The van der Waals surface area contributed by atoms with Crippen LogP contribution in [-0.2, 0) is 12.8 Å². The number of aromatic nitrogens is 2. The Kier molecular flexibility index (Phi) is 5.94. The molecule has 31 heavy (non-hydrogen) atoms. The molecule has 1 unspecified atom stereocenters. The fraction of sp³-hybridized carbons (Fsp3) is 0.435. The molecular formula is C23H26N6OS. The van der Waals surface area contributed by atoms with Gasteiger partial charge in [-0.3, -0.25) is 4.79 Å². The molecule has 1 amide bonds. The molecule has 0 radical (unpaired) electrons. The van der Waals surface area contributed by atoms with E-state index in [1.54, 1.807) is 0 Å². The molecule has 2 aromatic heterocycles. The molecule has 0 saturated carbocycles. The molecule has 2 atom stereocenters. The van der Waals surface area contributed by atoms with E-state index >= 15 is 0 Å². The van der Waals surface area contributed by atoms with Crippen LogP contribution in [0, 0.1) is 11.3 Å². The van der Waals surface area contributed by atoms with Gasteiger partial charge in [0.15, 0.2) is 5.01 Å². The SMILES string of the molecule is CC(C)(C)C1CCc2nc3sc(C(=O)N[C@H](CN=[N+]=[N-])c4ccccc4)nc3cc2C1. The summed E-state index contributed by atoms with van der Waals surface area (Å²) in [5, 5.41) is 6.99. The van der Waals surface area contributed by atoms with Gasteiger partial charge < -0.3 is 5.32 Å². The van der Waals surface area contributed by atoms with Gasteiger partial charge in [-0.2, -0.15) is 0 Å². The van der Waals surface area contributed by atoms with Gasteiger partial charge in [-0.05, 0) is 53.3 Å². The minimum Gasteiger partial charge on any atom is -0.343 e. The molecule has 1 N–H and O–H groups in total. The van der Waals surface area contributed by atoms with Crippen LogP contribution in [-0.4, -0.2) is 22.4 Å². The van der Waals surface area contributed by atoms with E-state index in [-0.39, 0.29) is 17.9 Å². The summed E-state index contributed by atoms with van der Waals surface area (Å²) in [7, 11) is 0. The standard InChI is InChI=1S/C23H26N6OS/c1-23(2,3)16-9-10-17-15(11-16)12-18-21(27-17)31-22(28-18)20(30)26-19(13-25-29-24)14-7-5-4-6-8-14/h4-8,12,16,19H,9-11,13H2,1-3H3,(H,26,30)/t16?,19-/m1/s1. The van der Waals surface area contributed by atoms with Crippen LogP contribution in [0.25, 0.3) is 20.8 Å². The Labute approximate surface area is 185 Å². The average molecular weight is 435 g/mol. The zero-order chi connectivity index (χ0) is 22.0. The second kappa shape index (κ2) is 8.65. The molecule has 4 rings (SSSR count). The van der Waals surface area contributed by atoms with Crippen LogP contribution < -0.4 is 5.32 Å². The first kappa shape index (κ1) is 21.3. The van der Waals surface area contributed by atoms with E-state index in [0.29, 0.717) is 10.9 Å². The molecule has 0 aliphatic heterocycles. The molecule has 1 aromatic carbocycles. The molecule has 160 valence electrons. The summed E-state index contributed by atoms with van der Waals surface area (Å²) >= 11 is 1.31. The minimum absolute atomic E-state index is 0.137. The maximum atomic E-state index is 12.9. The zero-order valence-electron chi connectivity index (χ0n) is 18.0. The molecule has 7 nitrogen and oxygen atoms in total. The highest BCUT2D eigenvalue weighted by Crippen LogP contribution is 2.38. The number of hydrogen-bond acceptors (Lipinski definition) is 5. The lowest BCUT2D eigenvalue weighted by molar-refractivity contribution is 0.0937. The van der Waals surface area contributed by atoms with Gasteiger partial charge in [-0.1, -0.05) is 67.6 Å². The Balaban J connectivity index is 1.58. The summed E-state index contributed by atoms with van der Waals surface area (Å²) in [6.45, 7) is 7.01. The van der Waals surface area contributed by atoms with Gasteiger partial charge in [0.05, 0.1) is 12.6 Å². The Morgan fingerprint density at radius 3 is 2.81 bits per heavy atom. The molecule has 1 aliphatic carbocycles. The van der Waals surface area contributed by atoms with Crippen LogP contribution in [0.4, 0.5) is 0 Å². The number of nitrogens with zero attached hydrogens (tertiary/aromatic N) is 5. The fourth-order valence-electron chi connectivity index (χ4n) is 4.11. The van der Waals surface area contributed by atoms with Gasteiger partial charge in [0.1, 0.15) is 10.3 Å². The van der Waals surface area contributed by atoms with E-state index in [4.69, 9.17) is 10.5 Å². The first-order chi connectivity index (χ1) is 14.8. The smallest absolute Gasteiger partial charge is 0.280 e. The Morgan fingerprint density at radius 1 is 1.32 bits per heavy atom. The Bertz CT molecular complexity index is 1140. The van der Waals surface area contributed by atoms with Gasteiger partial charge in [0.2, 0.25) is 0 Å². The van der Waals surface area contributed by atoms with E-state index in [1.807, 2.05) is 30.3 Å². The number of rotatable bonds is 5.